The molecule has 0 aliphatic carbocycles. The minimum atomic E-state index is -0.228. The maximum atomic E-state index is 12.8. The number of hydrogen-bond donors (Lipinski definition) is 2. The highest BCUT2D eigenvalue weighted by Gasteiger charge is 2.32. The molecule has 5 nitrogen and oxygen atoms in total. The zero-order chi connectivity index (χ0) is 19.3. The SMILES string of the molecule is CSc1ccccc1NC(=O)C[NH+](C)[C@H](C)C(=O)N1C[C@H](C)C[C@@H](C)C1. The largest absolute Gasteiger partial charge is 0.337 e. The Hall–Kier alpha value is -1.53. The van der Waals surface area contributed by atoms with Crippen LogP contribution < -0.4 is 10.2 Å². The molecule has 6 heteroatoms. The zero-order valence-corrected chi connectivity index (χ0v) is 17.4. The average Bonchev–Trinajstić information content (AvgIpc) is 2.59. The number of nitrogens with one attached hydrogen (secondary N) is 2. The van der Waals surface area contributed by atoms with E-state index in [0.29, 0.717) is 11.8 Å². The Kier molecular flexibility index (Phi) is 7.53. The molecule has 1 aromatic rings. The number of benzene rings is 1. The summed E-state index contributed by atoms with van der Waals surface area (Å²) in [5, 5.41) is 2.97. The van der Waals surface area contributed by atoms with Crippen LogP contribution in [0.25, 0.3) is 0 Å². The van der Waals surface area contributed by atoms with Crippen molar-refractivity contribution < 1.29 is 14.5 Å². The van der Waals surface area contributed by atoms with Crippen molar-refractivity contribution in [2.75, 3.05) is 38.3 Å². The molecule has 2 rings (SSSR count). The number of carbonyl (C=O) groups is 2. The summed E-state index contributed by atoms with van der Waals surface area (Å²) in [7, 11) is 1.92. The number of para-hydroxylation sites is 1. The number of likely N-dealkylation sites (N-methyl/N-ethyl adjacent to an activating group) is 1. The predicted octanol–water partition coefficient (Wildman–Crippen LogP) is 1.75. The second-order valence-electron chi connectivity index (χ2n) is 7.68. The van der Waals surface area contributed by atoms with Crippen LogP contribution in [0.5, 0.6) is 0 Å². The van der Waals surface area contributed by atoms with Crippen LogP contribution in [-0.2, 0) is 9.59 Å². The molecule has 1 saturated heterocycles. The Morgan fingerprint density at radius 3 is 2.50 bits per heavy atom. The van der Waals surface area contributed by atoms with Crippen LogP contribution >= 0.6 is 11.8 Å². The first kappa shape index (κ1) is 20.8. The minimum Gasteiger partial charge on any atom is -0.337 e. The van der Waals surface area contributed by atoms with Crippen molar-refractivity contribution in [2.45, 2.75) is 38.1 Å². The van der Waals surface area contributed by atoms with Crippen LogP contribution in [0.3, 0.4) is 0 Å². The van der Waals surface area contributed by atoms with Gasteiger partial charge in [0.1, 0.15) is 0 Å². The van der Waals surface area contributed by atoms with E-state index in [4.69, 9.17) is 0 Å². The number of quaternary nitrogens is 1. The lowest BCUT2D eigenvalue weighted by Gasteiger charge is -2.36. The Bertz CT molecular complexity index is 627. The zero-order valence-electron chi connectivity index (χ0n) is 16.5. The highest BCUT2D eigenvalue weighted by atomic mass is 32.2. The Morgan fingerprint density at radius 1 is 1.27 bits per heavy atom. The van der Waals surface area contributed by atoms with Crippen LogP contribution in [-0.4, -0.2) is 55.7 Å². The molecule has 144 valence electrons. The van der Waals surface area contributed by atoms with Crippen molar-refractivity contribution in [2.24, 2.45) is 11.8 Å². The molecule has 1 unspecified atom stereocenters. The van der Waals surface area contributed by atoms with Crippen molar-refractivity contribution in [3.05, 3.63) is 24.3 Å². The third-order valence-electron chi connectivity index (χ3n) is 5.11. The molecular weight excluding hydrogens is 346 g/mol. The van der Waals surface area contributed by atoms with Gasteiger partial charge in [-0.1, -0.05) is 26.0 Å². The molecule has 26 heavy (non-hydrogen) atoms. The van der Waals surface area contributed by atoms with Crippen molar-refractivity contribution in [1.29, 1.82) is 0 Å². The fraction of sp³-hybridized carbons (Fsp3) is 0.600. The van der Waals surface area contributed by atoms with E-state index in [9.17, 15) is 9.59 Å². The number of rotatable bonds is 6. The molecule has 2 amide bonds. The first-order valence-corrected chi connectivity index (χ1v) is 10.6. The van der Waals surface area contributed by atoms with Crippen molar-refractivity contribution in [1.82, 2.24) is 4.90 Å². The van der Waals surface area contributed by atoms with Gasteiger partial charge >= 0.3 is 0 Å². The van der Waals surface area contributed by atoms with Crippen LogP contribution in [0.4, 0.5) is 5.69 Å². The lowest BCUT2D eigenvalue weighted by Crippen LogP contribution is -3.15. The second-order valence-corrected chi connectivity index (χ2v) is 8.53. The molecule has 0 saturated carbocycles. The number of hydrogen-bond acceptors (Lipinski definition) is 3. The summed E-state index contributed by atoms with van der Waals surface area (Å²) in [5.41, 5.74) is 0.829. The summed E-state index contributed by atoms with van der Waals surface area (Å²) < 4.78 is 0. The maximum Gasteiger partial charge on any atom is 0.280 e. The number of piperidine rings is 1. The molecule has 0 radical (unpaired) electrons. The molecule has 1 aromatic carbocycles. The molecule has 1 heterocycles. The molecule has 0 bridgehead atoms. The van der Waals surface area contributed by atoms with E-state index < -0.39 is 0 Å². The van der Waals surface area contributed by atoms with Crippen molar-refractivity contribution in [3.8, 4) is 0 Å². The molecule has 1 aliphatic heterocycles. The third kappa shape index (κ3) is 5.48. The first-order chi connectivity index (χ1) is 12.3. The van der Waals surface area contributed by atoms with Gasteiger partial charge in [0.15, 0.2) is 12.6 Å². The predicted molar refractivity (Wildman–Crippen MR) is 108 cm³/mol. The van der Waals surface area contributed by atoms with Gasteiger partial charge in [-0.25, -0.2) is 0 Å². The van der Waals surface area contributed by atoms with E-state index in [1.54, 1.807) is 11.8 Å². The number of thioether (sulfide) groups is 1. The molecule has 1 aliphatic rings. The molecule has 2 N–H and O–H groups in total. The second kappa shape index (κ2) is 9.42. The number of anilines is 1. The van der Waals surface area contributed by atoms with E-state index in [1.165, 1.54) is 6.42 Å². The quantitative estimate of drug-likeness (QED) is 0.742. The number of carbonyl (C=O) groups excluding carboxylic acids is 2. The van der Waals surface area contributed by atoms with Gasteiger partial charge in [0.25, 0.3) is 11.8 Å². The summed E-state index contributed by atoms with van der Waals surface area (Å²) >= 11 is 1.60. The van der Waals surface area contributed by atoms with E-state index in [0.717, 1.165) is 28.6 Å². The Morgan fingerprint density at radius 2 is 1.88 bits per heavy atom. The summed E-state index contributed by atoms with van der Waals surface area (Å²) in [5.74, 6) is 1.17. The third-order valence-corrected chi connectivity index (χ3v) is 5.91. The van der Waals surface area contributed by atoms with E-state index in [1.807, 2.05) is 49.4 Å². The summed E-state index contributed by atoms with van der Waals surface area (Å²) in [4.78, 5) is 29.2. The lowest BCUT2D eigenvalue weighted by atomic mass is 9.91. The smallest absolute Gasteiger partial charge is 0.280 e. The van der Waals surface area contributed by atoms with Gasteiger partial charge in [-0.05, 0) is 43.6 Å². The molecule has 0 aromatic heterocycles. The first-order valence-electron chi connectivity index (χ1n) is 9.35. The van der Waals surface area contributed by atoms with Gasteiger partial charge in [0.05, 0.1) is 12.7 Å². The van der Waals surface area contributed by atoms with Gasteiger partial charge < -0.3 is 15.1 Å². The monoisotopic (exact) mass is 378 g/mol. The van der Waals surface area contributed by atoms with Gasteiger partial charge in [-0.2, -0.15) is 0 Å². The lowest BCUT2D eigenvalue weighted by molar-refractivity contribution is -0.886. The molecule has 4 atom stereocenters. The van der Waals surface area contributed by atoms with E-state index in [2.05, 4.69) is 19.2 Å². The minimum absolute atomic E-state index is 0.0657. The Labute approximate surface area is 161 Å². The molecule has 0 spiro atoms. The Balaban J connectivity index is 1.92. The van der Waals surface area contributed by atoms with Crippen LogP contribution in [0, 0.1) is 11.8 Å². The van der Waals surface area contributed by atoms with E-state index >= 15 is 0 Å². The summed E-state index contributed by atoms with van der Waals surface area (Å²) in [6, 6.07) is 7.54. The normalized spacial score (nSPS) is 22.6. The van der Waals surface area contributed by atoms with Gasteiger partial charge in [-0.3, -0.25) is 9.59 Å². The van der Waals surface area contributed by atoms with Crippen LogP contribution in [0.15, 0.2) is 29.2 Å². The average molecular weight is 379 g/mol. The summed E-state index contributed by atoms with van der Waals surface area (Å²) in [6.45, 7) is 8.25. The number of likely N-dealkylation sites (tertiary alicyclic amines) is 1. The summed E-state index contributed by atoms with van der Waals surface area (Å²) in [6.07, 6.45) is 3.17. The van der Waals surface area contributed by atoms with Crippen molar-refractivity contribution in [3.63, 3.8) is 0 Å². The van der Waals surface area contributed by atoms with Crippen LogP contribution in [0.2, 0.25) is 0 Å². The topological polar surface area (TPSA) is 53.9 Å². The van der Waals surface area contributed by atoms with Gasteiger partial charge in [0, 0.05) is 18.0 Å². The fourth-order valence-corrected chi connectivity index (χ4v) is 4.23. The maximum absolute atomic E-state index is 12.8. The number of amides is 2. The highest BCUT2D eigenvalue weighted by Crippen LogP contribution is 2.24. The van der Waals surface area contributed by atoms with Gasteiger partial charge in [-0.15, -0.1) is 11.8 Å². The number of nitrogens with zero attached hydrogens (tertiary/aromatic N) is 1. The molecule has 1 fully saturated rings. The van der Waals surface area contributed by atoms with Crippen molar-refractivity contribution >= 4 is 29.3 Å². The fourth-order valence-electron chi connectivity index (χ4n) is 3.68. The van der Waals surface area contributed by atoms with Gasteiger partial charge in [0.2, 0.25) is 0 Å². The standard InChI is InChI=1S/C20H31N3O2S/c1-14-10-15(2)12-23(11-14)20(25)16(3)22(4)13-19(24)21-17-8-6-7-9-18(17)26-5/h6-9,14-16H,10-13H2,1-5H3,(H,21,24)/p+1/t14-,15-,16-/m1/s1. The molecular formula is C20H32N3O2S+. The highest BCUT2D eigenvalue weighted by molar-refractivity contribution is 7.98. The van der Waals surface area contributed by atoms with Crippen LogP contribution in [0.1, 0.15) is 27.2 Å². The van der Waals surface area contributed by atoms with E-state index in [-0.39, 0.29) is 24.4 Å².